The average molecular weight is 424 g/mol. The molecule has 31 heavy (non-hydrogen) atoms. The summed E-state index contributed by atoms with van der Waals surface area (Å²) in [6.45, 7) is 5.44. The predicted octanol–water partition coefficient (Wildman–Crippen LogP) is 4.49. The standard InChI is InChI=1S/C26H37N3O2/c1-27-16-13-24(14-17-27)28(2)26(30)12-9-21-5-3-15-29(19-21)20-22-7-10-23(11-8-22)25-6-4-18-31-25/h4,6-8,10-11,18,21,24H,3,5,9,12-17,19-20H2,1-2H3/t21-/m1/s1. The second kappa shape index (κ2) is 10.5. The van der Waals surface area contributed by atoms with Gasteiger partial charge in [-0.1, -0.05) is 24.3 Å². The molecule has 0 saturated carbocycles. The Morgan fingerprint density at radius 1 is 1.10 bits per heavy atom. The summed E-state index contributed by atoms with van der Waals surface area (Å²) >= 11 is 0. The molecule has 1 aromatic heterocycles. The van der Waals surface area contributed by atoms with Gasteiger partial charge in [-0.3, -0.25) is 9.69 Å². The number of amides is 1. The van der Waals surface area contributed by atoms with E-state index in [1.165, 1.54) is 18.4 Å². The fourth-order valence-corrected chi connectivity index (χ4v) is 5.10. The van der Waals surface area contributed by atoms with Crippen LogP contribution in [-0.4, -0.2) is 66.9 Å². The number of carbonyl (C=O) groups excluding carboxylic acids is 1. The molecular formula is C26H37N3O2. The number of hydrogen-bond acceptors (Lipinski definition) is 4. The maximum absolute atomic E-state index is 12.8. The molecule has 0 unspecified atom stereocenters. The molecule has 2 aromatic rings. The summed E-state index contributed by atoms with van der Waals surface area (Å²) in [4.78, 5) is 19.7. The van der Waals surface area contributed by atoms with Gasteiger partial charge in [0, 0.05) is 38.2 Å². The third-order valence-corrected chi connectivity index (χ3v) is 7.16. The number of carbonyl (C=O) groups is 1. The van der Waals surface area contributed by atoms with Crippen LogP contribution in [0.1, 0.15) is 44.1 Å². The lowest BCUT2D eigenvalue weighted by molar-refractivity contribution is -0.133. The zero-order chi connectivity index (χ0) is 21.6. The number of furan rings is 1. The van der Waals surface area contributed by atoms with Crippen LogP contribution >= 0.6 is 0 Å². The van der Waals surface area contributed by atoms with Crippen LogP contribution < -0.4 is 0 Å². The summed E-state index contributed by atoms with van der Waals surface area (Å²) < 4.78 is 5.49. The van der Waals surface area contributed by atoms with E-state index in [4.69, 9.17) is 4.42 Å². The van der Waals surface area contributed by atoms with Gasteiger partial charge >= 0.3 is 0 Å². The number of piperidine rings is 2. The summed E-state index contributed by atoms with van der Waals surface area (Å²) in [5.41, 5.74) is 2.46. The Hall–Kier alpha value is -2.11. The molecule has 168 valence electrons. The molecule has 0 radical (unpaired) electrons. The van der Waals surface area contributed by atoms with Crippen LogP contribution in [-0.2, 0) is 11.3 Å². The van der Waals surface area contributed by atoms with Crippen molar-refractivity contribution in [3.05, 3.63) is 48.2 Å². The van der Waals surface area contributed by atoms with Crippen LogP contribution in [0.5, 0.6) is 0 Å². The molecule has 0 N–H and O–H groups in total. The minimum atomic E-state index is 0.334. The normalized spacial score (nSPS) is 21.3. The number of hydrogen-bond donors (Lipinski definition) is 0. The van der Waals surface area contributed by atoms with Crippen molar-refractivity contribution in [1.82, 2.24) is 14.7 Å². The van der Waals surface area contributed by atoms with Crippen LogP contribution in [0.2, 0.25) is 0 Å². The van der Waals surface area contributed by atoms with Gasteiger partial charge in [0.05, 0.1) is 6.26 Å². The van der Waals surface area contributed by atoms with Crippen LogP contribution in [0.15, 0.2) is 47.1 Å². The van der Waals surface area contributed by atoms with Crippen molar-refractivity contribution in [3.8, 4) is 11.3 Å². The van der Waals surface area contributed by atoms with E-state index < -0.39 is 0 Å². The Labute approximate surface area is 187 Å². The predicted molar refractivity (Wildman–Crippen MR) is 125 cm³/mol. The van der Waals surface area contributed by atoms with E-state index in [1.807, 2.05) is 24.1 Å². The van der Waals surface area contributed by atoms with Crippen molar-refractivity contribution in [2.24, 2.45) is 5.92 Å². The molecule has 5 heteroatoms. The monoisotopic (exact) mass is 423 g/mol. The van der Waals surface area contributed by atoms with Crippen molar-refractivity contribution in [1.29, 1.82) is 0 Å². The molecule has 0 bridgehead atoms. The number of rotatable bonds is 7. The minimum absolute atomic E-state index is 0.334. The Morgan fingerprint density at radius 2 is 1.87 bits per heavy atom. The van der Waals surface area contributed by atoms with Crippen molar-refractivity contribution in [2.45, 2.75) is 51.1 Å². The first-order valence-corrected chi connectivity index (χ1v) is 11.9. The second-order valence-electron chi connectivity index (χ2n) is 9.50. The van der Waals surface area contributed by atoms with Gasteiger partial charge in [0.2, 0.25) is 5.91 Å². The van der Waals surface area contributed by atoms with Crippen molar-refractivity contribution in [2.75, 3.05) is 40.3 Å². The molecule has 0 aliphatic carbocycles. The topological polar surface area (TPSA) is 39.9 Å². The van der Waals surface area contributed by atoms with Gasteiger partial charge in [-0.05, 0) is 82.4 Å². The Balaban J connectivity index is 1.22. The fourth-order valence-electron chi connectivity index (χ4n) is 5.10. The molecule has 2 aliphatic heterocycles. The van der Waals surface area contributed by atoms with E-state index in [9.17, 15) is 4.79 Å². The van der Waals surface area contributed by atoms with Crippen LogP contribution in [0.4, 0.5) is 0 Å². The second-order valence-corrected chi connectivity index (χ2v) is 9.50. The van der Waals surface area contributed by atoms with Gasteiger partial charge in [0.25, 0.3) is 0 Å². The smallest absolute Gasteiger partial charge is 0.222 e. The molecule has 1 amide bonds. The zero-order valence-electron chi connectivity index (χ0n) is 19.1. The molecule has 2 aliphatic rings. The number of likely N-dealkylation sites (tertiary alicyclic amines) is 2. The third kappa shape index (κ3) is 5.98. The molecule has 4 rings (SSSR count). The van der Waals surface area contributed by atoms with Gasteiger partial charge in [-0.15, -0.1) is 0 Å². The van der Waals surface area contributed by atoms with E-state index >= 15 is 0 Å². The van der Waals surface area contributed by atoms with Crippen molar-refractivity contribution in [3.63, 3.8) is 0 Å². The maximum Gasteiger partial charge on any atom is 0.222 e. The largest absolute Gasteiger partial charge is 0.464 e. The number of benzene rings is 1. The van der Waals surface area contributed by atoms with Gasteiger partial charge in [-0.25, -0.2) is 0 Å². The fraction of sp³-hybridized carbons (Fsp3) is 0.577. The lowest BCUT2D eigenvalue weighted by Gasteiger charge is -2.36. The van der Waals surface area contributed by atoms with E-state index in [-0.39, 0.29) is 0 Å². The third-order valence-electron chi connectivity index (χ3n) is 7.16. The lowest BCUT2D eigenvalue weighted by Crippen LogP contribution is -2.44. The van der Waals surface area contributed by atoms with E-state index in [0.29, 0.717) is 24.3 Å². The van der Waals surface area contributed by atoms with Crippen molar-refractivity contribution < 1.29 is 9.21 Å². The van der Waals surface area contributed by atoms with Gasteiger partial charge in [-0.2, -0.15) is 0 Å². The highest BCUT2D eigenvalue weighted by Gasteiger charge is 2.25. The van der Waals surface area contributed by atoms with E-state index in [1.54, 1.807) is 6.26 Å². The first-order chi connectivity index (χ1) is 15.1. The summed E-state index contributed by atoms with van der Waals surface area (Å²) in [5, 5.41) is 0. The maximum atomic E-state index is 12.8. The first kappa shape index (κ1) is 22.1. The van der Waals surface area contributed by atoms with Gasteiger partial charge < -0.3 is 14.2 Å². The quantitative estimate of drug-likeness (QED) is 0.658. The summed E-state index contributed by atoms with van der Waals surface area (Å²) in [5.74, 6) is 1.88. The minimum Gasteiger partial charge on any atom is -0.464 e. The van der Waals surface area contributed by atoms with E-state index in [0.717, 1.165) is 63.3 Å². The molecule has 2 fully saturated rings. The van der Waals surface area contributed by atoms with Crippen LogP contribution in [0.25, 0.3) is 11.3 Å². The Kier molecular flexibility index (Phi) is 7.46. The summed E-state index contributed by atoms with van der Waals surface area (Å²) in [6.07, 6.45) is 8.12. The highest BCUT2D eigenvalue weighted by molar-refractivity contribution is 5.76. The summed E-state index contributed by atoms with van der Waals surface area (Å²) in [6, 6.07) is 13.1. The molecule has 5 nitrogen and oxygen atoms in total. The molecule has 2 saturated heterocycles. The molecule has 3 heterocycles. The zero-order valence-corrected chi connectivity index (χ0v) is 19.1. The SMILES string of the molecule is CN1CCC(N(C)C(=O)CC[C@H]2CCCN(Cc3ccc(-c4ccco4)cc3)C2)CC1. The van der Waals surface area contributed by atoms with E-state index in [2.05, 4.69) is 41.1 Å². The molecular weight excluding hydrogens is 386 g/mol. The highest BCUT2D eigenvalue weighted by atomic mass is 16.3. The van der Waals surface area contributed by atoms with Gasteiger partial charge in [0.1, 0.15) is 5.76 Å². The lowest BCUT2D eigenvalue weighted by atomic mass is 9.92. The first-order valence-electron chi connectivity index (χ1n) is 11.9. The van der Waals surface area contributed by atoms with Gasteiger partial charge in [0.15, 0.2) is 0 Å². The average Bonchev–Trinajstić information content (AvgIpc) is 3.33. The molecule has 1 atom stereocenters. The summed E-state index contributed by atoms with van der Waals surface area (Å²) in [7, 11) is 4.18. The highest BCUT2D eigenvalue weighted by Crippen LogP contribution is 2.25. The Morgan fingerprint density at radius 3 is 2.58 bits per heavy atom. The molecule has 0 spiro atoms. The van der Waals surface area contributed by atoms with Crippen molar-refractivity contribution >= 4 is 5.91 Å². The molecule has 1 aromatic carbocycles. The van der Waals surface area contributed by atoms with Crippen LogP contribution in [0.3, 0.4) is 0 Å². The van der Waals surface area contributed by atoms with Crippen LogP contribution in [0, 0.1) is 5.92 Å². The number of nitrogens with zero attached hydrogens (tertiary/aromatic N) is 3. The Bertz CT molecular complexity index is 810.